The molecule has 4 nitrogen and oxygen atoms in total. The highest BCUT2D eigenvalue weighted by molar-refractivity contribution is 7.98. The fraction of sp³-hybridized carbons (Fsp3) is 0.818. The molecule has 1 fully saturated rings. The Balaban J connectivity index is 1.77. The minimum atomic E-state index is -4.57. The average Bonchev–Trinajstić information content (AvgIpc) is 2.97. The monoisotopic (exact) mass is 296 g/mol. The first-order chi connectivity index (χ1) is 8.97. The molecule has 2 rings (SSSR count). The van der Waals surface area contributed by atoms with Gasteiger partial charge in [0.15, 0.2) is 11.9 Å². The topological polar surface area (TPSA) is 59.2 Å². The molecule has 19 heavy (non-hydrogen) atoms. The molecule has 1 aromatic heterocycles. The van der Waals surface area contributed by atoms with Crippen LogP contribution in [0.3, 0.4) is 0 Å². The summed E-state index contributed by atoms with van der Waals surface area (Å²) in [6, 6.07) is 0. The Morgan fingerprint density at radius 2 is 2.05 bits per heavy atom. The molecule has 1 aliphatic rings. The number of alkyl halides is 3. The first-order valence-corrected chi connectivity index (χ1v) is 7.27. The van der Waals surface area contributed by atoms with Crippen LogP contribution in [0.15, 0.2) is 4.52 Å². The van der Waals surface area contributed by atoms with Gasteiger partial charge in [-0.05, 0) is 12.8 Å². The van der Waals surface area contributed by atoms with Gasteiger partial charge in [0.2, 0.25) is 5.89 Å². The van der Waals surface area contributed by atoms with Gasteiger partial charge in [0.1, 0.15) is 0 Å². The van der Waals surface area contributed by atoms with E-state index >= 15 is 0 Å². The first-order valence-electron chi connectivity index (χ1n) is 6.12. The third kappa shape index (κ3) is 4.10. The van der Waals surface area contributed by atoms with Crippen LogP contribution in [0.2, 0.25) is 0 Å². The number of halogens is 3. The molecule has 1 N–H and O–H groups in total. The van der Waals surface area contributed by atoms with Gasteiger partial charge in [-0.3, -0.25) is 0 Å². The van der Waals surface area contributed by atoms with E-state index < -0.39 is 18.0 Å². The fourth-order valence-corrected chi connectivity index (χ4v) is 2.85. The molecule has 0 spiro atoms. The van der Waals surface area contributed by atoms with Crippen molar-refractivity contribution in [3.05, 3.63) is 11.7 Å². The summed E-state index contributed by atoms with van der Waals surface area (Å²) < 4.78 is 41.2. The summed E-state index contributed by atoms with van der Waals surface area (Å²) in [6.45, 7) is 0. The Morgan fingerprint density at radius 3 is 2.68 bits per heavy atom. The molecule has 0 amide bonds. The maximum atomic E-state index is 12.1. The van der Waals surface area contributed by atoms with Gasteiger partial charge in [-0.1, -0.05) is 18.0 Å². The van der Waals surface area contributed by atoms with E-state index in [0.717, 1.165) is 37.4 Å². The zero-order valence-electron chi connectivity index (χ0n) is 10.2. The summed E-state index contributed by atoms with van der Waals surface area (Å²) >= 11 is 0.931. The zero-order valence-corrected chi connectivity index (χ0v) is 11.0. The molecule has 0 unspecified atom stereocenters. The third-order valence-corrected chi connectivity index (χ3v) is 4.09. The van der Waals surface area contributed by atoms with E-state index in [-0.39, 0.29) is 5.75 Å². The summed E-state index contributed by atoms with van der Waals surface area (Å²) in [5.74, 6) is 1.06. The Hall–Kier alpha value is -0.760. The molecule has 0 saturated heterocycles. The van der Waals surface area contributed by atoms with Gasteiger partial charge < -0.3 is 9.63 Å². The van der Waals surface area contributed by atoms with Crippen LogP contribution >= 0.6 is 11.8 Å². The Bertz CT molecular complexity index is 405. The molecule has 0 aliphatic heterocycles. The lowest BCUT2D eigenvalue weighted by Crippen LogP contribution is -2.30. The molecule has 1 heterocycles. The highest BCUT2D eigenvalue weighted by Crippen LogP contribution is 2.32. The maximum absolute atomic E-state index is 12.1. The van der Waals surface area contributed by atoms with Gasteiger partial charge >= 0.3 is 6.18 Å². The lowest BCUT2D eigenvalue weighted by molar-refractivity contribution is -0.195. The number of nitrogens with zero attached hydrogens (tertiary/aromatic N) is 2. The number of hydrogen-bond donors (Lipinski definition) is 1. The van der Waals surface area contributed by atoms with Crippen LogP contribution in [0.5, 0.6) is 0 Å². The van der Waals surface area contributed by atoms with E-state index in [1.54, 1.807) is 0 Å². The van der Waals surface area contributed by atoms with Gasteiger partial charge in [-0.2, -0.15) is 18.2 Å². The van der Waals surface area contributed by atoms with Crippen LogP contribution in [-0.2, 0) is 5.75 Å². The molecule has 0 aromatic carbocycles. The summed E-state index contributed by atoms with van der Waals surface area (Å²) in [4.78, 5) is 4.19. The van der Waals surface area contributed by atoms with Crippen molar-refractivity contribution >= 4 is 11.8 Å². The van der Waals surface area contributed by atoms with Gasteiger partial charge in [0, 0.05) is 11.7 Å². The minimum Gasteiger partial charge on any atom is -0.383 e. The predicted molar refractivity (Wildman–Crippen MR) is 63.7 cm³/mol. The fourth-order valence-electron chi connectivity index (χ4n) is 2.03. The molecule has 108 valence electrons. The van der Waals surface area contributed by atoms with E-state index in [1.807, 2.05) is 0 Å². The quantitative estimate of drug-likeness (QED) is 0.905. The van der Waals surface area contributed by atoms with E-state index in [2.05, 4.69) is 10.1 Å². The predicted octanol–water partition coefficient (Wildman–Crippen LogP) is 2.88. The van der Waals surface area contributed by atoms with Crippen molar-refractivity contribution in [3.63, 3.8) is 0 Å². The molecule has 0 bridgehead atoms. The highest BCUT2D eigenvalue weighted by Gasteiger charge is 2.37. The number of aliphatic hydroxyl groups is 1. The van der Waals surface area contributed by atoms with Crippen molar-refractivity contribution in [2.45, 2.75) is 49.6 Å². The van der Waals surface area contributed by atoms with Crippen LogP contribution in [0.1, 0.15) is 43.3 Å². The molecule has 1 aromatic rings. The van der Waals surface area contributed by atoms with Crippen LogP contribution in [0.25, 0.3) is 0 Å². The van der Waals surface area contributed by atoms with Crippen LogP contribution in [-0.4, -0.2) is 33.3 Å². The van der Waals surface area contributed by atoms with Crippen LogP contribution in [0.4, 0.5) is 13.2 Å². The Kier molecular flexibility index (Phi) is 4.72. The average molecular weight is 296 g/mol. The summed E-state index contributed by atoms with van der Waals surface area (Å²) in [5, 5.41) is 12.7. The highest BCUT2D eigenvalue weighted by atomic mass is 32.2. The van der Waals surface area contributed by atoms with Crippen molar-refractivity contribution in [1.82, 2.24) is 10.1 Å². The molecular weight excluding hydrogens is 281 g/mol. The van der Waals surface area contributed by atoms with E-state index in [0.29, 0.717) is 17.6 Å². The number of thioether (sulfide) groups is 1. The van der Waals surface area contributed by atoms with E-state index in [9.17, 15) is 13.2 Å². The standard InChI is InChI=1S/C11H15F3N2O2S/c12-11(13,14)8(17)5-19-6-9-15-10(16-18-9)7-3-1-2-4-7/h7-8,17H,1-6H2/t8-/m0/s1. The molecule has 1 atom stereocenters. The summed E-state index contributed by atoms with van der Waals surface area (Å²) in [7, 11) is 0. The van der Waals surface area contributed by atoms with Crippen molar-refractivity contribution < 1.29 is 22.8 Å². The summed E-state index contributed by atoms with van der Waals surface area (Å²) in [5.41, 5.74) is 0. The lowest BCUT2D eigenvalue weighted by atomic mass is 10.1. The SMILES string of the molecule is O[C@@H](CSCc1nc(C2CCCC2)no1)C(F)(F)F. The van der Waals surface area contributed by atoms with Gasteiger partial charge in [0.05, 0.1) is 5.75 Å². The van der Waals surface area contributed by atoms with Crippen molar-refractivity contribution in [1.29, 1.82) is 0 Å². The smallest absolute Gasteiger partial charge is 0.383 e. The third-order valence-electron chi connectivity index (χ3n) is 3.08. The Morgan fingerprint density at radius 1 is 1.37 bits per heavy atom. The normalized spacial score (nSPS) is 18.9. The number of rotatable bonds is 5. The molecule has 1 saturated carbocycles. The second-order valence-electron chi connectivity index (χ2n) is 4.60. The first kappa shape index (κ1) is 14.6. The lowest BCUT2D eigenvalue weighted by Gasteiger charge is -2.12. The molecule has 8 heteroatoms. The van der Waals surface area contributed by atoms with Crippen molar-refractivity contribution in [2.24, 2.45) is 0 Å². The molecule has 0 radical (unpaired) electrons. The van der Waals surface area contributed by atoms with Crippen LogP contribution in [0, 0.1) is 0 Å². The largest absolute Gasteiger partial charge is 0.415 e. The minimum absolute atomic E-state index is 0.187. The van der Waals surface area contributed by atoms with Gasteiger partial charge in [-0.25, -0.2) is 0 Å². The second kappa shape index (κ2) is 6.13. The van der Waals surface area contributed by atoms with Crippen LogP contribution < -0.4 is 0 Å². The molecular formula is C11H15F3N2O2S. The zero-order chi connectivity index (χ0) is 13.9. The van der Waals surface area contributed by atoms with Gasteiger partial charge in [0.25, 0.3) is 0 Å². The second-order valence-corrected chi connectivity index (χ2v) is 5.63. The summed E-state index contributed by atoms with van der Waals surface area (Å²) in [6.07, 6.45) is -2.49. The maximum Gasteiger partial charge on any atom is 0.415 e. The van der Waals surface area contributed by atoms with Crippen molar-refractivity contribution in [3.8, 4) is 0 Å². The number of aromatic nitrogens is 2. The molecule has 1 aliphatic carbocycles. The van der Waals surface area contributed by atoms with E-state index in [1.165, 1.54) is 0 Å². The van der Waals surface area contributed by atoms with Crippen molar-refractivity contribution in [2.75, 3.05) is 5.75 Å². The van der Waals surface area contributed by atoms with E-state index in [4.69, 9.17) is 9.63 Å². The number of hydrogen-bond acceptors (Lipinski definition) is 5. The number of aliphatic hydroxyl groups excluding tert-OH is 1. The van der Waals surface area contributed by atoms with Gasteiger partial charge in [-0.15, -0.1) is 11.8 Å². The Labute approximate surface area is 112 Å².